The molecule has 0 saturated heterocycles. The van der Waals surface area contributed by atoms with Gasteiger partial charge < -0.3 is 0 Å². The maximum atomic E-state index is 6.98. The highest BCUT2D eigenvalue weighted by Crippen LogP contribution is 2.51. The third-order valence-corrected chi connectivity index (χ3v) is 6.03. The monoisotopic (exact) mass is 278 g/mol. The van der Waals surface area contributed by atoms with E-state index in [0.29, 0.717) is 0 Å². The van der Waals surface area contributed by atoms with Crippen LogP contribution in [0.4, 0.5) is 0 Å². The van der Waals surface area contributed by atoms with Crippen LogP contribution in [0, 0.1) is 33.1 Å². The van der Waals surface area contributed by atoms with Crippen molar-refractivity contribution in [2.75, 3.05) is 0 Å². The van der Waals surface area contributed by atoms with Gasteiger partial charge in [0.1, 0.15) is 0 Å². The van der Waals surface area contributed by atoms with Crippen LogP contribution in [0.25, 0.3) is 0 Å². The van der Waals surface area contributed by atoms with Gasteiger partial charge in [0.05, 0.1) is 5.38 Å². The molecule has 0 nitrogen and oxygen atoms in total. The maximum Gasteiger partial charge on any atom is 0.0644 e. The summed E-state index contributed by atoms with van der Waals surface area (Å²) < 4.78 is 0. The summed E-state index contributed by atoms with van der Waals surface area (Å²) >= 11 is 6.98. The molecule has 19 heavy (non-hydrogen) atoms. The van der Waals surface area contributed by atoms with Crippen LogP contribution >= 0.6 is 11.6 Å². The van der Waals surface area contributed by atoms with E-state index in [4.69, 9.17) is 11.6 Å². The zero-order valence-corrected chi connectivity index (χ0v) is 13.8. The Labute approximate surface area is 123 Å². The Morgan fingerprint density at radius 2 is 1.42 bits per heavy atom. The van der Waals surface area contributed by atoms with Gasteiger partial charge in [0.25, 0.3) is 0 Å². The first-order valence-electron chi connectivity index (χ1n) is 7.58. The van der Waals surface area contributed by atoms with Crippen molar-refractivity contribution in [3.63, 3.8) is 0 Å². The lowest BCUT2D eigenvalue weighted by atomic mass is 9.70. The highest BCUT2D eigenvalue weighted by molar-refractivity contribution is 6.21. The molecule has 106 valence electrons. The van der Waals surface area contributed by atoms with E-state index in [1.165, 1.54) is 59.9 Å². The van der Waals surface area contributed by atoms with Gasteiger partial charge >= 0.3 is 0 Å². The van der Waals surface area contributed by atoms with E-state index in [9.17, 15) is 0 Å². The molecule has 1 heteroatoms. The van der Waals surface area contributed by atoms with E-state index in [-0.39, 0.29) is 10.8 Å². The van der Waals surface area contributed by atoms with Crippen molar-refractivity contribution in [2.24, 2.45) is 5.41 Å². The molecule has 1 unspecified atom stereocenters. The zero-order valence-electron chi connectivity index (χ0n) is 13.1. The van der Waals surface area contributed by atoms with E-state index < -0.39 is 0 Å². The smallest absolute Gasteiger partial charge is 0.0644 e. The lowest BCUT2D eigenvalue weighted by Gasteiger charge is -2.39. The van der Waals surface area contributed by atoms with Crippen molar-refractivity contribution in [3.8, 4) is 0 Å². The van der Waals surface area contributed by atoms with Crippen molar-refractivity contribution in [2.45, 2.75) is 72.1 Å². The van der Waals surface area contributed by atoms with E-state index in [1.54, 1.807) is 0 Å². The highest BCUT2D eigenvalue weighted by atomic mass is 35.5. The third kappa shape index (κ3) is 2.70. The summed E-state index contributed by atoms with van der Waals surface area (Å²) in [6.45, 7) is 11.3. The van der Waals surface area contributed by atoms with E-state index >= 15 is 0 Å². The van der Waals surface area contributed by atoms with Crippen LogP contribution in [0.3, 0.4) is 0 Å². The normalized spacial score (nSPS) is 20.3. The van der Waals surface area contributed by atoms with Gasteiger partial charge in [-0.15, -0.1) is 11.6 Å². The fourth-order valence-corrected chi connectivity index (χ4v) is 4.13. The van der Waals surface area contributed by atoms with Gasteiger partial charge in [-0.3, -0.25) is 0 Å². The standard InChI is InChI=1S/C18H27Cl/c1-12-11-13(2)15(4)16(14(12)3)17(19)18(5)9-7-6-8-10-18/h11,17H,6-10H2,1-5H3. The molecular formula is C18H27Cl. The average Bonchev–Trinajstić information content (AvgIpc) is 2.37. The number of rotatable bonds is 2. The number of hydrogen-bond acceptors (Lipinski definition) is 0. The Bertz CT molecular complexity index is 441. The second kappa shape index (κ2) is 5.48. The maximum absolute atomic E-state index is 6.98. The predicted molar refractivity (Wildman–Crippen MR) is 85.2 cm³/mol. The molecule has 0 spiro atoms. The minimum absolute atomic E-state index is 0.159. The van der Waals surface area contributed by atoms with Crippen LogP contribution in [0.2, 0.25) is 0 Å². The summed E-state index contributed by atoms with van der Waals surface area (Å²) in [6.07, 6.45) is 6.59. The van der Waals surface area contributed by atoms with Crippen molar-refractivity contribution in [1.82, 2.24) is 0 Å². The zero-order chi connectivity index (χ0) is 14.2. The second-order valence-corrected chi connectivity index (χ2v) is 7.19. The van der Waals surface area contributed by atoms with Crippen molar-refractivity contribution >= 4 is 11.6 Å². The van der Waals surface area contributed by atoms with Gasteiger partial charge in [0, 0.05) is 0 Å². The first-order chi connectivity index (χ1) is 8.87. The summed E-state index contributed by atoms with van der Waals surface area (Å²) in [5.41, 5.74) is 7.23. The number of alkyl halides is 1. The van der Waals surface area contributed by atoms with Gasteiger partial charge in [0.2, 0.25) is 0 Å². The average molecular weight is 279 g/mol. The summed E-state index contributed by atoms with van der Waals surface area (Å²) in [6, 6.07) is 2.29. The van der Waals surface area contributed by atoms with Crippen molar-refractivity contribution in [3.05, 3.63) is 33.9 Å². The third-order valence-electron chi connectivity index (χ3n) is 5.29. The fraction of sp³-hybridized carbons (Fsp3) is 0.667. The van der Waals surface area contributed by atoms with E-state index in [1.807, 2.05) is 0 Å². The summed E-state index contributed by atoms with van der Waals surface area (Å²) in [4.78, 5) is 0. The van der Waals surface area contributed by atoms with Crippen LogP contribution in [0.15, 0.2) is 6.07 Å². The van der Waals surface area contributed by atoms with Crippen LogP contribution in [-0.2, 0) is 0 Å². The van der Waals surface area contributed by atoms with Gasteiger partial charge in [0.15, 0.2) is 0 Å². The summed E-state index contributed by atoms with van der Waals surface area (Å²) in [7, 11) is 0. The number of hydrogen-bond donors (Lipinski definition) is 0. The number of benzene rings is 1. The Balaban J connectivity index is 2.46. The topological polar surface area (TPSA) is 0 Å². The van der Waals surface area contributed by atoms with Crippen LogP contribution < -0.4 is 0 Å². The van der Waals surface area contributed by atoms with Crippen molar-refractivity contribution in [1.29, 1.82) is 0 Å². The molecular weight excluding hydrogens is 252 g/mol. The summed E-state index contributed by atoms with van der Waals surface area (Å²) in [5, 5.41) is 0.159. The van der Waals surface area contributed by atoms with Crippen LogP contribution in [0.1, 0.15) is 72.2 Å². The van der Waals surface area contributed by atoms with Gasteiger partial charge in [-0.25, -0.2) is 0 Å². The second-order valence-electron chi connectivity index (χ2n) is 6.75. The quantitative estimate of drug-likeness (QED) is 0.568. The molecule has 1 saturated carbocycles. The van der Waals surface area contributed by atoms with Gasteiger partial charge in [-0.1, -0.05) is 32.3 Å². The lowest BCUT2D eigenvalue weighted by molar-refractivity contribution is 0.206. The van der Waals surface area contributed by atoms with Crippen LogP contribution in [0.5, 0.6) is 0 Å². The molecule has 0 bridgehead atoms. The first-order valence-corrected chi connectivity index (χ1v) is 8.02. The Morgan fingerprint density at radius 1 is 0.947 bits per heavy atom. The van der Waals surface area contributed by atoms with Crippen LogP contribution in [-0.4, -0.2) is 0 Å². The Kier molecular flexibility index (Phi) is 4.30. The predicted octanol–water partition coefficient (Wildman–Crippen LogP) is 6.17. The SMILES string of the molecule is Cc1cc(C)c(C)c(C(Cl)C2(C)CCCCC2)c1C. The van der Waals surface area contributed by atoms with Gasteiger partial charge in [-0.05, 0) is 73.8 Å². The lowest BCUT2D eigenvalue weighted by Crippen LogP contribution is -2.26. The molecule has 2 rings (SSSR count). The minimum atomic E-state index is 0.159. The molecule has 0 aliphatic heterocycles. The molecule has 0 amide bonds. The van der Waals surface area contributed by atoms with E-state index in [2.05, 4.69) is 40.7 Å². The fourth-order valence-electron chi connectivity index (χ4n) is 3.59. The Hall–Kier alpha value is -0.490. The molecule has 1 aromatic rings. The minimum Gasteiger partial charge on any atom is -0.117 e. The van der Waals surface area contributed by atoms with Crippen molar-refractivity contribution < 1.29 is 0 Å². The largest absolute Gasteiger partial charge is 0.117 e. The Morgan fingerprint density at radius 3 is 1.89 bits per heavy atom. The highest BCUT2D eigenvalue weighted by Gasteiger charge is 2.36. The molecule has 0 radical (unpaired) electrons. The molecule has 1 aliphatic carbocycles. The molecule has 1 aromatic carbocycles. The molecule has 0 aromatic heterocycles. The first kappa shape index (κ1) is 14.9. The molecule has 0 N–H and O–H groups in total. The van der Waals surface area contributed by atoms with Gasteiger partial charge in [-0.2, -0.15) is 0 Å². The number of aryl methyl sites for hydroxylation is 2. The molecule has 1 atom stereocenters. The molecule has 0 heterocycles. The summed E-state index contributed by atoms with van der Waals surface area (Å²) in [5.74, 6) is 0. The van der Waals surface area contributed by atoms with E-state index in [0.717, 1.165) is 0 Å². The molecule has 1 aliphatic rings. The molecule has 1 fully saturated rings. The number of halogens is 1.